The molecule has 0 radical (unpaired) electrons. The second kappa shape index (κ2) is 10.4. The Bertz CT molecular complexity index is 2490. The molecule has 1 heterocycles. The highest BCUT2D eigenvalue weighted by Crippen LogP contribution is 2.56. The van der Waals surface area contributed by atoms with Gasteiger partial charge in [0.15, 0.2) is 11.6 Å². The first-order valence-corrected chi connectivity index (χ1v) is 16.9. The largest absolute Gasteiger partial charge is 0.215 e. The topological polar surface area (TPSA) is 38.7 Å². The van der Waals surface area contributed by atoms with Crippen LogP contribution in [0.4, 0.5) is 0 Å². The fourth-order valence-electron chi connectivity index (χ4n) is 8.52. The fourth-order valence-corrected chi connectivity index (χ4v) is 8.52. The van der Waals surface area contributed by atoms with Gasteiger partial charge in [-0.1, -0.05) is 164 Å². The van der Waals surface area contributed by atoms with E-state index in [1.165, 1.54) is 49.9 Å². The second-order valence-corrected chi connectivity index (χ2v) is 13.3. The quantitative estimate of drug-likeness (QED) is 0.195. The van der Waals surface area contributed by atoms with Crippen molar-refractivity contribution in [2.45, 2.75) is 17.8 Å². The molecule has 0 aliphatic heterocycles. The molecule has 2 aliphatic rings. The summed E-state index contributed by atoms with van der Waals surface area (Å²) in [7, 11) is 0. The van der Waals surface area contributed by atoms with E-state index in [1.54, 1.807) is 0 Å². The number of hydrogen-bond acceptors (Lipinski definition) is 3. The second-order valence-electron chi connectivity index (χ2n) is 13.3. The molecule has 7 aromatic carbocycles. The van der Waals surface area contributed by atoms with Crippen molar-refractivity contribution in [3.63, 3.8) is 0 Å². The summed E-state index contributed by atoms with van der Waals surface area (Å²) in [5.74, 6) is 2.15. The van der Waals surface area contributed by atoms with Crippen LogP contribution in [0, 0.1) is 0 Å². The van der Waals surface area contributed by atoms with E-state index in [1.807, 2.05) is 0 Å². The minimum atomic E-state index is -0.758. The third-order valence-electron chi connectivity index (χ3n) is 10.8. The maximum Gasteiger partial charge on any atom is 0.163 e. The average molecular weight is 626 g/mol. The highest BCUT2D eigenvalue weighted by Gasteiger charge is 2.50. The van der Waals surface area contributed by atoms with Crippen LogP contribution in [0.5, 0.6) is 0 Å². The maximum atomic E-state index is 5.68. The first kappa shape index (κ1) is 27.9. The van der Waals surface area contributed by atoms with Crippen molar-refractivity contribution in [2.24, 2.45) is 0 Å². The van der Waals surface area contributed by atoms with Gasteiger partial charge >= 0.3 is 0 Å². The molecule has 0 saturated heterocycles. The molecule has 0 atom stereocenters. The Balaban J connectivity index is 1.35. The van der Waals surface area contributed by atoms with E-state index in [0.717, 1.165) is 28.2 Å². The van der Waals surface area contributed by atoms with Crippen LogP contribution in [0.15, 0.2) is 170 Å². The molecule has 0 saturated carbocycles. The zero-order valence-corrected chi connectivity index (χ0v) is 27.0. The summed E-state index contributed by atoms with van der Waals surface area (Å²) in [4.78, 5) is 16.7. The molecule has 0 unspecified atom stereocenters. The predicted molar refractivity (Wildman–Crippen MR) is 198 cm³/mol. The molecule has 3 nitrogen and oxygen atoms in total. The minimum absolute atomic E-state index is 0.605. The van der Waals surface area contributed by atoms with Gasteiger partial charge in [0.05, 0.1) is 5.41 Å². The average Bonchev–Trinajstić information content (AvgIpc) is 3.63. The highest BCUT2D eigenvalue weighted by molar-refractivity contribution is 5.88. The summed E-state index contributed by atoms with van der Waals surface area (Å²) in [5.41, 5.74) is 10.4. The third kappa shape index (κ3) is 3.81. The van der Waals surface area contributed by atoms with Crippen LogP contribution in [0.1, 0.15) is 46.4 Å². The number of benzene rings is 7. The summed E-state index contributed by atoms with van der Waals surface area (Å²) in [5, 5.41) is 2.34. The molecular weight excluding hydrogens is 595 g/mol. The third-order valence-corrected chi connectivity index (χ3v) is 10.8. The summed E-state index contributed by atoms with van der Waals surface area (Å²) >= 11 is 0. The van der Waals surface area contributed by atoms with Crippen molar-refractivity contribution in [3.05, 3.63) is 209 Å². The van der Waals surface area contributed by atoms with Gasteiger partial charge in [0.2, 0.25) is 0 Å². The van der Waals surface area contributed by atoms with Crippen LogP contribution >= 0.6 is 0 Å². The van der Waals surface area contributed by atoms with E-state index in [-0.39, 0.29) is 0 Å². The van der Waals surface area contributed by atoms with Crippen molar-refractivity contribution >= 4 is 10.8 Å². The Kier molecular flexibility index (Phi) is 5.92. The fraction of sp³-hybridized carbons (Fsp3) is 0.0652. The molecule has 230 valence electrons. The van der Waals surface area contributed by atoms with Gasteiger partial charge in [0, 0.05) is 5.56 Å². The molecule has 0 bridgehead atoms. The molecule has 0 fully saturated rings. The van der Waals surface area contributed by atoms with Crippen LogP contribution in [0.2, 0.25) is 0 Å². The first-order chi connectivity index (χ1) is 24.2. The van der Waals surface area contributed by atoms with Crippen LogP contribution < -0.4 is 0 Å². The molecule has 2 aliphatic carbocycles. The number of fused-ring (bicyclic) bond motifs is 7. The molecule has 3 heteroatoms. The summed E-state index contributed by atoms with van der Waals surface area (Å²) in [6.45, 7) is 2.28. The minimum Gasteiger partial charge on any atom is -0.215 e. The van der Waals surface area contributed by atoms with Gasteiger partial charge in [-0.05, 0) is 73.8 Å². The monoisotopic (exact) mass is 625 g/mol. The molecular formula is C46H31N3. The van der Waals surface area contributed by atoms with Crippen LogP contribution in [-0.4, -0.2) is 15.0 Å². The van der Waals surface area contributed by atoms with Gasteiger partial charge in [-0.25, -0.2) is 15.0 Å². The van der Waals surface area contributed by atoms with Crippen molar-refractivity contribution in [1.29, 1.82) is 0 Å². The Hall–Kier alpha value is -6.19. The Labute approximate surface area is 285 Å². The van der Waals surface area contributed by atoms with Crippen LogP contribution in [-0.2, 0) is 10.8 Å². The van der Waals surface area contributed by atoms with Crippen molar-refractivity contribution < 1.29 is 0 Å². The molecule has 0 spiro atoms. The first-order valence-electron chi connectivity index (χ1n) is 16.9. The number of rotatable bonds is 4. The SMILES string of the molecule is CC1(c2nc(-c3ccc4ccccc4c3)nc(C3(c4ccccc4)c4ccccc4-c4ccccc43)n2)c2ccccc2-c2ccccc21. The lowest BCUT2D eigenvalue weighted by Gasteiger charge is -2.33. The zero-order chi connectivity index (χ0) is 32.6. The van der Waals surface area contributed by atoms with Gasteiger partial charge in [-0.2, -0.15) is 0 Å². The lowest BCUT2D eigenvalue weighted by atomic mass is 9.71. The Morgan fingerprint density at radius 3 is 1.47 bits per heavy atom. The van der Waals surface area contributed by atoms with Crippen molar-refractivity contribution in [1.82, 2.24) is 15.0 Å². The van der Waals surface area contributed by atoms with Crippen LogP contribution in [0.3, 0.4) is 0 Å². The van der Waals surface area contributed by atoms with Gasteiger partial charge in [0.1, 0.15) is 11.2 Å². The van der Waals surface area contributed by atoms with Gasteiger partial charge < -0.3 is 0 Å². The number of aromatic nitrogens is 3. The normalized spacial score (nSPS) is 14.6. The molecule has 1 aromatic heterocycles. The van der Waals surface area contributed by atoms with Crippen molar-refractivity contribution in [2.75, 3.05) is 0 Å². The highest BCUT2D eigenvalue weighted by atomic mass is 15.1. The predicted octanol–water partition coefficient (Wildman–Crippen LogP) is 10.4. The van der Waals surface area contributed by atoms with Gasteiger partial charge in [0.25, 0.3) is 0 Å². The van der Waals surface area contributed by atoms with E-state index >= 15 is 0 Å². The number of nitrogens with zero attached hydrogens (tertiary/aromatic N) is 3. The van der Waals surface area contributed by atoms with E-state index in [4.69, 9.17) is 15.0 Å². The summed E-state index contributed by atoms with van der Waals surface area (Å²) < 4.78 is 0. The summed E-state index contributed by atoms with van der Waals surface area (Å²) in [6.07, 6.45) is 0. The van der Waals surface area contributed by atoms with Gasteiger partial charge in [-0.15, -0.1) is 0 Å². The molecule has 0 amide bonds. The van der Waals surface area contributed by atoms with Crippen molar-refractivity contribution in [3.8, 4) is 33.6 Å². The number of hydrogen-bond donors (Lipinski definition) is 0. The lowest BCUT2D eigenvalue weighted by molar-refractivity contribution is 0.607. The van der Waals surface area contributed by atoms with Gasteiger partial charge in [-0.3, -0.25) is 0 Å². The lowest BCUT2D eigenvalue weighted by Crippen LogP contribution is -2.34. The molecule has 10 rings (SSSR count). The summed E-state index contributed by atoms with van der Waals surface area (Å²) in [6, 6.07) is 60.7. The van der Waals surface area contributed by atoms with E-state index in [9.17, 15) is 0 Å². The molecule has 0 N–H and O–H groups in total. The Morgan fingerprint density at radius 2 is 0.857 bits per heavy atom. The van der Waals surface area contributed by atoms with E-state index in [2.05, 4.69) is 177 Å². The van der Waals surface area contributed by atoms with Crippen LogP contribution in [0.25, 0.3) is 44.4 Å². The zero-order valence-electron chi connectivity index (χ0n) is 27.0. The van der Waals surface area contributed by atoms with E-state index in [0.29, 0.717) is 5.82 Å². The molecule has 49 heavy (non-hydrogen) atoms. The maximum absolute atomic E-state index is 5.68. The van der Waals surface area contributed by atoms with E-state index < -0.39 is 10.8 Å². The standard InChI is InChI=1S/C46H31N3/c1-45(38-23-11-7-19-34(38)35-20-8-12-24-39(35)45)43-47-42(32-28-27-30-15-5-6-16-31(30)29-32)48-44(49-43)46(33-17-3-2-4-18-33)40-25-13-9-21-36(40)37-22-10-14-26-41(37)46/h2-29H,1H3. The molecule has 8 aromatic rings. The Morgan fingerprint density at radius 1 is 0.388 bits per heavy atom. The smallest absolute Gasteiger partial charge is 0.163 e.